The zero-order valence-electron chi connectivity index (χ0n) is 12.6. The summed E-state index contributed by atoms with van der Waals surface area (Å²) < 4.78 is 27.1. The maximum absolute atomic E-state index is 13.8. The SMILES string of the molecule is CNC(CC(C)CC(C)(C)C)c1cccc(F)c1F. The molecule has 2 atom stereocenters. The molecular formula is C16H25F2N. The van der Waals surface area contributed by atoms with Crippen LogP contribution in [0.5, 0.6) is 0 Å². The lowest BCUT2D eigenvalue weighted by atomic mass is 9.82. The van der Waals surface area contributed by atoms with Gasteiger partial charge in [0.2, 0.25) is 0 Å². The van der Waals surface area contributed by atoms with Gasteiger partial charge in [0, 0.05) is 11.6 Å². The highest BCUT2D eigenvalue weighted by Crippen LogP contribution is 2.31. The molecule has 0 saturated carbocycles. The minimum Gasteiger partial charge on any atom is -0.313 e. The molecule has 0 amide bonds. The fraction of sp³-hybridized carbons (Fsp3) is 0.625. The van der Waals surface area contributed by atoms with Gasteiger partial charge in [0.15, 0.2) is 11.6 Å². The molecule has 0 aliphatic carbocycles. The monoisotopic (exact) mass is 269 g/mol. The van der Waals surface area contributed by atoms with Crippen molar-refractivity contribution < 1.29 is 8.78 Å². The first-order chi connectivity index (χ1) is 8.74. The predicted molar refractivity (Wildman–Crippen MR) is 76.0 cm³/mol. The van der Waals surface area contributed by atoms with Crippen molar-refractivity contribution in [1.29, 1.82) is 0 Å². The van der Waals surface area contributed by atoms with Gasteiger partial charge >= 0.3 is 0 Å². The summed E-state index contributed by atoms with van der Waals surface area (Å²) in [6.45, 7) is 8.74. The van der Waals surface area contributed by atoms with E-state index >= 15 is 0 Å². The van der Waals surface area contributed by atoms with Crippen LogP contribution in [0.3, 0.4) is 0 Å². The minimum atomic E-state index is -0.777. The van der Waals surface area contributed by atoms with Crippen molar-refractivity contribution in [1.82, 2.24) is 5.32 Å². The number of benzene rings is 1. The summed E-state index contributed by atoms with van der Waals surface area (Å²) in [5.74, 6) is -1.06. The fourth-order valence-corrected chi connectivity index (χ4v) is 2.72. The summed E-state index contributed by atoms with van der Waals surface area (Å²) >= 11 is 0. The molecule has 1 rings (SSSR count). The number of hydrogen-bond acceptors (Lipinski definition) is 1. The van der Waals surface area contributed by atoms with Crippen molar-refractivity contribution in [3.8, 4) is 0 Å². The highest BCUT2D eigenvalue weighted by atomic mass is 19.2. The average Bonchev–Trinajstić information content (AvgIpc) is 2.27. The molecule has 3 heteroatoms. The highest BCUT2D eigenvalue weighted by Gasteiger charge is 2.22. The first-order valence-electron chi connectivity index (χ1n) is 6.85. The maximum atomic E-state index is 13.8. The second-order valence-corrected chi connectivity index (χ2v) is 6.59. The Balaban J connectivity index is 2.81. The molecule has 0 aromatic heterocycles. The van der Waals surface area contributed by atoms with Crippen LogP contribution >= 0.6 is 0 Å². The van der Waals surface area contributed by atoms with Gasteiger partial charge in [-0.1, -0.05) is 39.8 Å². The van der Waals surface area contributed by atoms with Crippen LogP contribution in [-0.4, -0.2) is 7.05 Å². The molecule has 0 radical (unpaired) electrons. The van der Waals surface area contributed by atoms with Crippen LogP contribution < -0.4 is 5.32 Å². The standard InChI is InChI=1S/C16H25F2N/c1-11(10-16(2,3)4)9-14(19-5)12-7-6-8-13(17)15(12)18/h6-8,11,14,19H,9-10H2,1-5H3. The van der Waals surface area contributed by atoms with Gasteiger partial charge in [0.1, 0.15) is 0 Å². The van der Waals surface area contributed by atoms with Gasteiger partial charge in [-0.3, -0.25) is 0 Å². The van der Waals surface area contributed by atoms with Crippen LogP contribution in [0.2, 0.25) is 0 Å². The van der Waals surface area contributed by atoms with Crippen LogP contribution in [0.1, 0.15) is 52.1 Å². The van der Waals surface area contributed by atoms with Crippen molar-refractivity contribution in [2.24, 2.45) is 11.3 Å². The largest absolute Gasteiger partial charge is 0.313 e. The third kappa shape index (κ3) is 4.90. The van der Waals surface area contributed by atoms with E-state index in [-0.39, 0.29) is 11.5 Å². The van der Waals surface area contributed by atoms with Gasteiger partial charge in [0.25, 0.3) is 0 Å². The predicted octanol–water partition coefficient (Wildman–Crippen LogP) is 4.69. The van der Waals surface area contributed by atoms with Gasteiger partial charge in [-0.25, -0.2) is 8.78 Å². The van der Waals surface area contributed by atoms with Gasteiger partial charge in [0.05, 0.1) is 0 Å². The van der Waals surface area contributed by atoms with E-state index in [1.165, 1.54) is 0 Å². The number of hydrogen-bond donors (Lipinski definition) is 1. The molecule has 0 aliphatic rings. The number of rotatable bonds is 5. The van der Waals surface area contributed by atoms with Crippen molar-refractivity contribution in [2.45, 2.75) is 46.6 Å². The summed E-state index contributed by atoms with van der Waals surface area (Å²) in [6, 6.07) is 4.23. The van der Waals surface area contributed by atoms with Gasteiger partial charge in [-0.15, -0.1) is 0 Å². The molecule has 0 bridgehead atoms. The number of nitrogens with one attached hydrogen (secondary N) is 1. The molecular weight excluding hydrogens is 244 g/mol. The second-order valence-electron chi connectivity index (χ2n) is 6.59. The molecule has 19 heavy (non-hydrogen) atoms. The third-order valence-corrected chi connectivity index (χ3v) is 3.30. The average molecular weight is 269 g/mol. The maximum Gasteiger partial charge on any atom is 0.163 e. The highest BCUT2D eigenvalue weighted by molar-refractivity contribution is 5.22. The van der Waals surface area contributed by atoms with Crippen LogP contribution in [0.15, 0.2) is 18.2 Å². The van der Waals surface area contributed by atoms with Crippen LogP contribution in [-0.2, 0) is 0 Å². The molecule has 108 valence electrons. The fourth-order valence-electron chi connectivity index (χ4n) is 2.72. The summed E-state index contributed by atoms with van der Waals surface area (Å²) in [7, 11) is 1.79. The summed E-state index contributed by atoms with van der Waals surface area (Å²) in [6.07, 6.45) is 1.86. The zero-order chi connectivity index (χ0) is 14.6. The number of halogens is 2. The van der Waals surface area contributed by atoms with E-state index in [0.717, 1.165) is 18.9 Å². The van der Waals surface area contributed by atoms with Crippen LogP contribution in [0.25, 0.3) is 0 Å². The Bertz CT molecular complexity index is 410. The lowest BCUT2D eigenvalue weighted by Gasteiger charge is -2.27. The minimum absolute atomic E-state index is 0.145. The topological polar surface area (TPSA) is 12.0 Å². The van der Waals surface area contributed by atoms with Crippen molar-refractivity contribution >= 4 is 0 Å². The third-order valence-electron chi connectivity index (χ3n) is 3.30. The second kappa shape index (κ2) is 6.47. The lowest BCUT2D eigenvalue weighted by molar-refractivity contribution is 0.277. The Morgan fingerprint density at radius 1 is 1.21 bits per heavy atom. The van der Waals surface area contributed by atoms with Crippen molar-refractivity contribution in [2.75, 3.05) is 7.05 Å². The van der Waals surface area contributed by atoms with Gasteiger partial charge in [-0.05, 0) is 37.3 Å². The van der Waals surface area contributed by atoms with Gasteiger partial charge < -0.3 is 5.32 Å². The Labute approximate surface area is 115 Å². The molecule has 1 nitrogen and oxygen atoms in total. The Morgan fingerprint density at radius 2 is 1.84 bits per heavy atom. The molecule has 1 aromatic carbocycles. The molecule has 0 aliphatic heterocycles. The lowest BCUT2D eigenvalue weighted by Crippen LogP contribution is -2.22. The molecule has 2 unspecified atom stereocenters. The molecule has 0 spiro atoms. The Kier molecular flexibility index (Phi) is 5.48. The van der Waals surface area contributed by atoms with E-state index in [1.807, 2.05) is 0 Å². The van der Waals surface area contributed by atoms with Gasteiger partial charge in [-0.2, -0.15) is 0 Å². The molecule has 1 N–H and O–H groups in total. The van der Waals surface area contributed by atoms with E-state index in [1.54, 1.807) is 19.2 Å². The Morgan fingerprint density at radius 3 is 2.37 bits per heavy atom. The van der Waals surface area contributed by atoms with E-state index in [0.29, 0.717) is 11.5 Å². The first-order valence-corrected chi connectivity index (χ1v) is 6.85. The van der Waals surface area contributed by atoms with Crippen LogP contribution in [0.4, 0.5) is 8.78 Å². The van der Waals surface area contributed by atoms with Crippen molar-refractivity contribution in [3.05, 3.63) is 35.4 Å². The van der Waals surface area contributed by atoms with Crippen LogP contribution in [0, 0.1) is 23.0 Å². The summed E-state index contributed by atoms with van der Waals surface area (Å²) in [5.41, 5.74) is 0.668. The zero-order valence-corrected chi connectivity index (χ0v) is 12.6. The smallest absolute Gasteiger partial charge is 0.163 e. The van der Waals surface area contributed by atoms with E-state index in [2.05, 4.69) is 33.0 Å². The van der Waals surface area contributed by atoms with E-state index in [9.17, 15) is 8.78 Å². The summed E-state index contributed by atoms with van der Waals surface area (Å²) in [5, 5.41) is 3.10. The first kappa shape index (κ1) is 16.1. The van der Waals surface area contributed by atoms with Crippen molar-refractivity contribution in [3.63, 3.8) is 0 Å². The molecule has 1 aromatic rings. The quantitative estimate of drug-likeness (QED) is 0.818. The molecule has 0 fully saturated rings. The molecule has 0 heterocycles. The molecule has 0 saturated heterocycles. The Hall–Kier alpha value is -0.960. The van der Waals surface area contributed by atoms with E-state index in [4.69, 9.17) is 0 Å². The normalized spacial score (nSPS) is 15.3. The van der Waals surface area contributed by atoms with E-state index < -0.39 is 11.6 Å². The summed E-state index contributed by atoms with van der Waals surface area (Å²) in [4.78, 5) is 0.